The Morgan fingerprint density at radius 3 is 1.71 bits per heavy atom. The summed E-state index contributed by atoms with van der Waals surface area (Å²) in [6, 6.07) is 19.8. The van der Waals surface area contributed by atoms with Gasteiger partial charge in [-0.3, -0.25) is 13.9 Å². The Hall–Kier alpha value is -4.60. The van der Waals surface area contributed by atoms with Crippen LogP contribution in [0.5, 0.6) is 0 Å². The van der Waals surface area contributed by atoms with Gasteiger partial charge in [-0.2, -0.15) is 0 Å². The topological polar surface area (TPSA) is 105 Å². The molecule has 0 fully saturated rings. The molecule has 0 aliphatic carbocycles. The van der Waals surface area contributed by atoms with Gasteiger partial charge < -0.3 is 0 Å². The van der Waals surface area contributed by atoms with Crippen molar-refractivity contribution in [1.29, 1.82) is 0 Å². The van der Waals surface area contributed by atoms with E-state index in [9.17, 15) is 9.59 Å². The van der Waals surface area contributed by atoms with Crippen LogP contribution in [-0.4, -0.2) is 39.1 Å². The van der Waals surface area contributed by atoms with E-state index in [1.807, 2.05) is 60.7 Å². The van der Waals surface area contributed by atoms with Crippen LogP contribution in [0.1, 0.15) is 28.1 Å². The number of aromatic nitrogens is 8. The molecule has 0 aliphatic heterocycles. The first-order valence-electron chi connectivity index (χ1n) is 11.2. The minimum Gasteiger partial charge on any atom is -0.294 e. The number of aryl methyl sites for hydroxylation is 1. The Bertz CT molecular complexity index is 1550. The van der Waals surface area contributed by atoms with Crippen LogP contribution in [-0.2, 0) is 26.2 Å². The largest absolute Gasteiger partial charge is 0.331 e. The highest BCUT2D eigenvalue weighted by molar-refractivity contribution is 5.16. The Morgan fingerprint density at radius 2 is 1.17 bits per heavy atom. The van der Waals surface area contributed by atoms with E-state index in [0.29, 0.717) is 30.0 Å². The minimum atomic E-state index is -0.434. The van der Waals surface area contributed by atoms with Crippen molar-refractivity contribution in [3.05, 3.63) is 128 Å². The number of hydrogen-bond acceptors (Lipinski definition) is 6. The Kier molecular flexibility index (Phi) is 6.16. The molecule has 0 atom stereocenters. The molecule has 5 aromatic rings. The third-order valence-corrected chi connectivity index (χ3v) is 5.61. The summed E-state index contributed by atoms with van der Waals surface area (Å²) in [5.74, 6) is 0. The summed E-state index contributed by atoms with van der Waals surface area (Å²) in [5, 5.41) is 16.7. The predicted octanol–water partition coefficient (Wildman–Crippen LogP) is 1.69. The summed E-state index contributed by atoms with van der Waals surface area (Å²) >= 11 is 0. The zero-order chi connectivity index (χ0) is 24.2. The molecule has 0 radical (unpaired) electrons. The van der Waals surface area contributed by atoms with E-state index in [0.717, 1.165) is 11.1 Å². The van der Waals surface area contributed by atoms with Crippen LogP contribution in [0.4, 0.5) is 0 Å². The molecule has 0 amide bonds. The maximum atomic E-state index is 13.2. The monoisotopic (exact) mass is 468 g/mol. The van der Waals surface area contributed by atoms with Crippen molar-refractivity contribution >= 4 is 0 Å². The van der Waals surface area contributed by atoms with E-state index < -0.39 is 5.69 Å². The summed E-state index contributed by atoms with van der Waals surface area (Å²) in [6.07, 6.45) is 5.11. The first kappa shape index (κ1) is 22.2. The van der Waals surface area contributed by atoms with Gasteiger partial charge in [-0.1, -0.05) is 71.1 Å². The highest BCUT2D eigenvalue weighted by Gasteiger charge is 2.13. The second-order valence-electron chi connectivity index (χ2n) is 8.40. The van der Waals surface area contributed by atoms with Gasteiger partial charge in [0.25, 0.3) is 5.56 Å². The lowest BCUT2D eigenvalue weighted by Gasteiger charge is -2.09. The fraction of sp³-hybridized carbons (Fsp3) is 0.200. The third kappa shape index (κ3) is 5.16. The molecule has 2 aromatic carbocycles. The van der Waals surface area contributed by atoms with Crippen molar-refractivity contribution in [2.75, 3.05) is 0 Å². The Balaban J connectivity index is 1.34. The summed E-state index contributed by atoms with van der Waals surface area (Å²) < 4.78 is 6.07. The molecule has 0 bridgehead atoms. The van der Waals surface area contributed by atoms with E-state index in [1.54, 1.807) is 34.9 Å². The van der Waals surface area contributed by atoms with Crippen molar-refractivity contribution in [1.82, 2.24) is 39.1 Å². The van der Waals surface area contributed by atoms with E-state index >= 15 is 0 Å². The van der Waals surface area contributed by atoms with Gasteiger partial charge in [0.2, 0.25) is 0 Å². The van der Waals surface area contributed by atoms with E-state index in [-0.39, 0.29) is 18.6 Å². The first-order valence-corrected chi connectivity index (χ1v) is 11.2. The summed E-state index contributed by atoms with van der Waals surface area (Å²) in [7, 11) is 0. The minimum absolute atomic E-state index is 0.0365. The average molecular weight is 469 g/mol. The lowest BCUT2D eigenvalue weighted by molar-refractivity contribution is 0.593. The number of rotatable bonds is 8. The molecule has 3 heterocycles. The van der Waals surface area contributed by atoms with Crippen molar-refractivity contribution in [3.63, 3.8) is 0 Å². The quantitative estimate of drug-likeness (QED) is 0.343. The predicted molar refractivity (Wildman–Crippen MR) is 129 cm³/mol. The molecule has 10 nitrogen and oxygen atoms in total. The molecule has 176 valence electrons. The molecule has 10 heteroatoms. The van der Waals surface area contributed by atoms with Crippen LogP contribution in [0.25, 0.3) is 0 Å². The zero-order valence-electron chi connectivity index (χ0n) is 19.2. The van der Waals surface area contributed by atoms with Crippen molar-refractivity contribution < 1.29 is 0 Å². The van der Waals surface area contributed by atoms with Crippen LogP contribution in [0.15, 0.2) is 88.8 Å². The maximum Gasteiger partial charge on any atom is 0.331 e. The van der Waals surface area contributed by atoms with Gasteiger partial charge in [0.1, 0.15) is 11.4 Å². The van der Waals surface area contributed by atoms with E-state index in [4.69, 9.17) is 0 Å². The number of benzene rings is 2. The van der Waals surface area contributed by atoms with Crippen LogP contribution in [0.2, 0.25) is 0 Å². The lowest BCUT2D eigenvalue weighted by Crippen LogP contribution is -2.41. The fourth-order valence-corrected chi connectivity index (χ4v) is 3.91. The molecule has 0 saturated heterocycles. The SMILES string of the molecule is Cc1cn(Cc2cn(Cc3ccccc3)nn2)c(=O)n(Cc2cn(Cc3ccccc3)nn2)c1=O. The van der Waals surface area contributed by atoms with E-state index in [1.165, 1.54) is 9.13 Å². The molecular formula is C25H24N8O2. The lowest BCUT2D eigenvalue weighted by atomic mass is 10.2. The first-order chi connectivity index (χ1) is 17.0. The van der Waals surface area contributed by atoms with Crippen LogP contribution in [0.3, 0.4) is 0 Å². The van der Waals surface area contributed by atoms with Crippen LogP contribution < -0.4 is 11.2 Å². The normalized spacial score (nSPS) is 11.1. The highest BCUT2D eigenvalue weighted by atomic mass is 16.2. The molecular weight excluding hydrogens is 444 g/mol. The van der Waals surface area contributed by atoms with Crippen molar-refractivity contribution in [2.45, 2.75) is 33.1 Å². The van der Waals surface area contributed by atoms with Crippen molar-refractivity contribution in [3.8, 4) is 0 Å². The zero-order valence-corrected chi connectivity index (χ0v) is 19.2. The molecule has 0 saturated carbocycles. The molecule has 0 N–H and O–H groups in total. The maximum absolute atomic E-state index is 13.2. The molecule has 35 heavy (non-hydrogen) atoms. The summed E-state index contributed by atoms with van der Waals surface area (Å²) in [5.41, 5.74) is 3.02. The highest BCUT2D eigenvalue weighted by Crippen LogP contribution is 2.05. The van der Waals surface area contributed by atoms with Gasteiger partial charge in [0, 0.05) is 11.8 Å². The average Bonchev–Trinajstić information content (AvgIpc) is 3.50. The van der Waals surface area contributed by atoms with Gasteiger partial charge in [-0.25, -0.2) is 14.2 Å². The van der Waals surface area contributed by atoms with Gasteiger partial charge in [-0.05, 0) is 18.1 Å². The van der Waals surface area contributed by atoms with Gasteiger partial charge in [0.15, 0.2) is 0 Å². The second kappa shape index (κ2) is 9.72. The smallest absolute Gasteiger partial charge is 0.294 e. The van der Waals surface area contributed by atoms with Gasteiger partial charge in [-0.15, -0.1) is 10.2 Å². The number of nitrogens with zero attached hydrogens (tertiary/aromatic N) is 8. The Morgan fingerprint density at radius 1 is 0.657 bits per heavy atom. The summed E-state index contributed by atoms with van der Waals surface area (Å²) in [6.45, 7) is 3.07. The molecule has 0 aliphatic rings. The van der Waals surface area contributed by atoms with Gasteiger partial charge in [0.05, 0.1) is 38.6 Å². The van der Waals surface area contributed by atoms with Crippen molar-refractivity contribution in [2.24, 2.45) is 0 Å². The molecule has 3 aromatic heterocycles. The van der Waals surface area contributed by atoms with Crippen LogP contribution >= 0.6 is 0 Å². The van der Waals surface area contributed by atoms with Crippen LogP contribution in [0, 0.1) is 6.92 Å². The van der Waals surface area contributed by atoms with Gasteiger partial charge >= 0.3 is 5.69 Å². The standard InChI is InChI=1S/C25H24N8O2/c1-19-12-30(15-22-16-31(28-26-22)13-20-8-4-2-5-9-20)25(35)33(24(19)34)18-23-17-32(29-27-23)14-21-10-6-3-7-11-21/h2-12,16-17H,13-15,18H2,1H3. The fourth-order valence-electron chi connectivity index (χ4n) is 3.91. The Labute approximate surface area is 200 Å². The molecule has 0 unspecified atom stereocenters. The van der Waals surface area contributed by atoms with E-state index in [2.05, 4.69) is 20.6 Å². The second-order valence-corrected chi connectivity index (χ2v) is 8.40. The third-order valence-electron chi connectivity index (χ3n) is 5.61. The summed E-state index contributed by atoms with van der Waals surface area (Å²) in [4.78, 5) is 25.9. The number of hydrogen-bond donors (Lipinski definition) is 0. The molecule has 5 rings (SSSR count). The molecule has 0 spiro atoms.